The van der Waals surface area contributed by atoms with Gasteiger partial charge in [-0.2, -0.15) is 0 Å². The molecule has 2 aliphatic heterocycles. The third kappa shape index (κ3) is 2.96. The van der Waals surface area contributed by atoms with E-state index in [1.807, 2.05) is 6.92 Å². The molecule has 24 heavy (non-hydrogen) atoms. The molecule has 132 valence electrons. The van der Waals surface area contributed by atoms with Crippen molar-refractivity contribution in [1.82, 2.24) is 4.90 Å². The van der Waals surface area contributed by atoms with E-state index in [2.05, 4.69) is 0 Å². The van der Waals surface area contributed by atoms with Gasteiger partial charge in [-0.15, -0.1) is 0 Å². The number of amides is 1. The number of carbonyl (C=O) groups is 1. The van der Waals surface area contributed by atoms with Crippen LogP contribution in [0.4, 0.5) is 0 Å². The zero-order chi connectivity index (χ0) is 17.2. The van der Waals surface area contributed by atoms with Gasteiger partial charge in [0.1, 0.15) is 13.2 Å². The van der Waals surface area contributed by atoms with Crippen molar-refractivity contribution in [2.75, 3.05) is 32.9 Å². The molecular weight excluding hydrogens is 310 g/mol. The smallest absolute Gasteiger partial charge is 0.257 e. The summed E-state index contributed by atoms with van der Waals surface area (Å²) in [6.45, 7) is 3.61. The summed E-state index contributed by atoms with van der Waals surface area (Å²) in [5, 5.41) is 20.2. The van der Waals surface area contributed by atoms with Crippen LogP contribution in [0.15, 0.2) is 18.2 Å². The summed E-state index contributed by atoms with van der Waals surface area (Å²) in [7, 11) is 0. The number of carbonyl (C=O) groups excluding carboxylic acids is 1. The predicted molar refractivity (Wildman–Crippen MR) is 88.4 cm³/mol. The quantitative estimate of drug-likeness (QED) is 0.870. The Morgan fingerprint density at radius 2 is 2.17 bits per heavy atom. The molecule has 6 heteroatoms. The minimum Gasteiger partial charge on any atom is -0.486 e. The van der Waals surface area contributed by atoms with Crippen LogP contribution in [0.3, 0.4) is 0 Å². The second-order valence-electron chi connectivity index (χ2n) is 6.63. The Labute approximate surface area is 142 Å². The number of piperidine rings is 1. The van der Waals surface area contributed by atoms with E-state index in [0.717, 1.165) is 6.42 Å². The Morgan fingerprint density at radius 1 is 1.38 bits per heavy atom. The first kappa shape index (κ1) is 17.0. The number of aliphatic hydroxyl groups excluding tert-OH is 2. The number of likely N-dealkylation sites (tertiary alicyclic amines) is 1. The first-order valence-electron chi connectivity index (χ1n) is 8.58. The standard InChI is InChI=1S/C18H25NO5/c1-2-7-18(12-20)11-19(8-6-15(18)21)17(22)13-4-3-5-14-16(13)24-10-9-23-14/h3-5,15,20-21H,2,6-12H2,1H3/t15-,18+/m0/s1. The van der Waals surface area contributed by atoms with Crippen molar-refractivity contribution in [2.45, 2.75) is 32.3 Å². The van der Waals surface area contributed by atoms with Crippen molar-refractivity contribution in [3.8, 4) is 11.5 Å². The Kier molecular flexibility index (Phi) is 4.96. The van der Waals surface area contributed by atoms with E-state index in [1.165, 1.54) is 0 Å². The third-order valence-corrected chi connectivity index (χ3v) is 5.03. The first-order valence-corrected chi connectivity index (χ1v) is 8.58. The van der Waals surface area contributed by atoms with Crippen LogP contribution in [0, 0.1) is 5.41 Å². The molecule has 1 saturated heterocycles. The van der Waals surface area contributed by atoms with Crippen LogP contribution >= 0.6 is 0 Å². The van der Waals surface area contributed by atoms with Gasteiger partial charge in [0.05, 0.1) is 18.3 Å². The molecule has 0 spiro atoms. The number of benzene rings is 1. The van der Waals surface area contributed by atoms with Gasteiger partial charge in [0, 0.05) is 18.5 Å². The SMILES string of the molecule is CCC[C@]1(CO)CN(C(=O)c2cccc3c2OCCO3)CC[C@@H]1O. The summed E-state index contributed by atoms with van der Waals surface area (Å²) in [5.41, 5.74) is -0.165. The Morgan fingerprint density at radius 3 is 2.92 bits per heavy atom. The van der Waals surface area contributed by atoms with Crippen LogP contribution in [-0.4, -0.2) is 60.0 Å². The highest BCUT2D eigenvalue weighted by Crippen LogP contribution is 2.38. The van der Waals surface area contributed by atoms with E-state index in [0.29, 0.717) is 56.2 Å². The highest BCUT2D eigenvalue weighted by atomic mass is 16.6. The molecule has 0 bridgehead atoms. The van der Waals surface area contributed by atoms with E-state index >= 15 is 0 Å². The molecule has 1 fully saturated rings. The topological polar surface area (TPSA) is 79.2 Å². The Hall–Kier alpha value is -1.79. The summed E-state index contributed by atoms with van der Waals surface area (Å²) < 4.78 is 11.2. The maximum Gasteiger partial charge on any atom is 0.257 e. The lowest BCUT2D eigenvalue weighted by Gasteiger charge is -2.45. The van der Waals surface area contributed by atoms with Crippen molar-refractivity contribution in [1.29, 1.82) is 0 Å². The van der Waals surface area contributed by atoms with Gasteiger partial charge in [0.25, 0.3) is 5.91 Å². The van der Waals surface area contributed by atoms with E-state index in [1.54, 1.807) is 23.1 Å². The lowest BCUT2D eigenvalue weighted by molar-refractivity contribution is -0.0720. The number of para-hydroxylation sites is 1. The molecule has 1 aromatic rings. The van der Waals surface area contributed by atoms with Gasteiger partial charge in [-0.1, -0.05) is 19.4 Å². The summed E-state index contributed by atoms with van der Waals surface area (Å²) >= 11 is 0. The van der Waals surface area contributed by atoms with Crippen LogP contribution < -0.4 is 9.47 Å². The molecule has 6 nitrogen and oxygen atoms in total. The maximum absolute atomic E-state index is 13.0. The van der Waals surface area contributed by atoms with Crippen LogP contribution in [0.25, 0.3) is 0 Å². The second-order valence-corrected chi connectivity index (χ2v) is 6.63. The largest absolute Gasteiger partial charge is 0.486 e. The highest BCUT2D eigenvalue weighted by Gasteiger charge is 2.43. The molecule has 2 N–H and O–H groups in total. The minimum absolute atomic E-state index is 0.127. The monoisotopic (exact) mass is 335 g/mol. The van der Waals surface area contributed by atoms with Crippen LogP contribution in [0.2, 0.25) is 0 Å². The number of nitrogens with zero attached hydrogens (tertiary/aromatic N) is 1. The molecule has 2 heterocycles. The van der Waals surface area contributed by atoms with Gasteiger partial charge in [-0.25, -0.2) is 0 Å². The fraction of sp³-hybridized carbons (Fsp3) is 0.611. The predicted octanol–water partition coefficient (Wildman–Crippen LogP) is 1.44. The zero-order valence-electron chi connectivity index (χ0n) is 14.0. The van der Waals surface area contributed by atoms with Crippen LogP contribution in [0.5, 0.6) is 11.5 Å². The minimum atomic E-state index is -0.644. The molecule has 1 amide bonds. The van der Waals surface area contributed by atoms with Crippen LogP contribution in [-0.2, 0) is 0 Å². The molecule has 1 aromatic carbocycles. The summed E-state index contributed by atoms with van der Waals surface area (Å²) in [6.07, 6.45) is 1.41. The van der Waals surface area contributed by atoms with Gasteiger partial charge in [0.15, 0.2) is 11.5 Å². The Balaban J connectivity index is 1.85. The molecule has 0 saturated carbocycles. The average Bonchev–Trinajstić information content (AvgIpc) is 2.62. The molecule has 2 aliphatic rings. The normalized spacial score (nSPS) is 26.3. The molecule has 0 radical (unpaired) electrons. The molecule has 2 atom stereocenters. The van der Waals surface area contributed by atoms with E-state index in [9.17, 15) is 15.0 Å². The number of ether oxygens (including phenoxy) is 2. The van der Waals surface area contributed by atoms with Crippen molar-refractivity contribution >= 4 is 5.91 Å². The fourth-order valence-corrected chi connectivity index (χ4v) is 3.71. The van der Waals surface area contributed by atoms with Gasteiger partial charge < -0.3 is 24.6 Å². The number of rotatable bonds is 4. The van der Waals surface area contributed by atoms with Crippen molar-refractivity contribution in [2.24, 2.45) is 5.41 Å². The summed E-state index contributed by atoms with van der Waals surface area (Å²) in [5.74, 6) is 0.939. The van der Waals surface area contributed by atoms with E-state index < -0.39 is 11.5 Å². The fourth-order valence-electron chi connectivity index (χ4n) is 3.71. The molecule has 0 aliphatic carbocycles. The van der Waals surface area contributed by atoms with Gasteiger partial charge in [-0.3, -0.25) is 4.79 Å². The van der Waals surface area contributed by atoms with Gasteiger partial charge in [-0.05, 0) is 25.0 Å². The van der Waals surface area contributed by atoms with E-state index in [4.69, 9.17) is 9.47 Å². The van der Waals surface area contributed by atoms with Gasteiger partial charge in [0.2, 0.25) is 0 Å². The van der Waals surface area contributed by atoms with Crippen molar-refractivity contribution in [3.63, 3.8) is 0 Å². The molecular formula is C18H25NO5. The molecule has 3 rings (SSSR count). The molecule has 0 unspecified atom stereocenters. The molecule has 0 aromatic heterocycles. The van der Waals surface area contributed by atoms with Crippen LogP contribution in [0.1, 0.15) is 36.5 Å². The maximum atomic E-state index is 13.0. The zero-order valence-corrected chi connectivity index (χ0v) is 14.0. The number of hydrogen-bond donors (Lipinski definition) is 2. The summed E-state index contributed by atoms with van der Waals surface area (Å²) in [4.78, 5) is 14.7. The number of fused-ring (bicyclic) bond motifs is 1. The third-order valence-electron chi connectivity index (χ3n) is 5.03. The number of hydrogen-bond acceptors (Lipinski definition) is 5. The van der Waals surface area contributed by atoms with E-state index in [-0.39, 0.29) is 12.5 Å². The van der Waals surface area contributed by atoms with Crippen molar-refractivity contribution < 1.29 is 24.5 Å². The Bertz CT molecular complexity index is 605. The van der Waals surface area contributed by atoms with Gasteiger partial charge >= 0.3 is 0 Å². The first-order chi connectivity index (χ1) is 11.6. The lowest BCUT2D eigenvalue weighted by atomic mass is 9.74. The van der Waals surface area contributed by atoms with Crippen molar-refractivity contribution in [3.05, 3.63) is 23.8 Å². The second kappa shape index (κ2) is 6.99. The highest BCUT2D eigenvalue weighted by molar-refractivity contribution is 5.98. The lowest BCUT2D eigenvalue weighted by Crippen LogP contribution is -2.55. The summed E-state index contributed by atoms with van der Waals surface area (Å²) in [6, 6.07) is 5.31. The number of aliphatic hydroxyl groups is 2. The average molecular weight is 335 g/mol.